The molecule has 3 aromatic rings. The molecule has 0 radical (unpaired) electrons. The standard InChI is InChI=1S/C15H10Cl2N6O2/c16-11-5-10(6-12(17)7-11)15(25)20-19-14(24)9-1-3-13(4-2-9)23-8-18-21-22-23/h1-8H,(H,19,24)(H,20,25). The number of benzene rings is 2. The molecule has 0 saturated heterocycles. The van der Waals surface area contributed by atoms with E-state index in [1.54, 1.807) is 24.3 Å². The fourth-order valence-corrected chi connectivity index (χ4v) is 2.51. The van der Waals surface area contributed by atoms with E-state index in [1.807, 2.05) is 0 Å². The minimum atomic E-state index is -0.539. The molecule has 25 heavy (non-hydrogen) atoms. The monoisotopic (exact) mass is 376 g/mol. The first kappa shape index (κ1) is 16.9. The summed E-state index contributed by atoms with van der Waals surface area (Å²) in [5.74, 6) is -1.02. The van der Waals surface area contributed by atoms with Crippen LogP contribution in [0.25, 0.3) is 5.69 Å². The molecular formula is C15H10Cl2N6O2. The van der Waals surface area contributed by atoms with Crippen molar-refractivity contribution in [2.24, 2.45) is 0 Å². The molecule has 0 unspecified atom stereocenters. The average Bonchev–Trinajstić information content (AvgIpc) is 3.13. The molecule has 0 aliphatic heterocycles. The van der Waals surface area contributed by atoms with Gasteiger partial charge in [0.15, 0.2) is 0 Å². The molecular weight excluding hydrogens is 367 g/mol. The molecule has 0 aliphatic rings. The van der Waals surface area contributed by atoms with E-state index < -0.39 is 11.8 Å². The molecule has 0 saturated carbocycles. The van der Waals surface area contributed by atoms with Crippen LogP contribution in [0.15, 0.2) is 48.8 Å². The van der Waals surface area contributed by atoms with Gasteiger partial charge >= 0.3 is 0 Å². The van der Waals surface area contributed by atoms with Crippen LogP contribution in [0.1, 0.15) is 20.7 Å². The van der Waals surface area contributed by atoms with Gasteiger partial charge in [-0.2, -0.15) is 0 Å². The van der Waals surface area contributed by atoms with E-state index in [2.05, 4.69) is 26.4 Å². The van der Waals surface area contributed by atoms with Crippen LogP contribution in [0.5, 0.6) is 0 Å². The zero-order valence-electron chi connectivity index (χ0n) is 12.5. The van der Waals surface area contributed by atoms with Crippen LogP contribution in [0, 0.1) is 0 Å². The highest BCUT2D eigenvalue weighted by molar-refractivity contribution is 6.35. The molecule has 1 aromatic heterocycles. The van der Waals surface area contributed by atoms with Gasteiger partial charge in [0.2, 0.25) is 0 Å². The summed E-state index contributed by atoms with van der Waals surface area (Å²) in [4.78, 5) is 24.1. The summed E-state index contributed by atoms with van der Waals surface area (Å²) < 4.78 is 1.45. The summed E-state index contributed by atoms with van der Waals surface area (Å²) >= 11 is 11.7. The highest BCUT2D eigenvalue weighted by Crippen LogP contribution is 2.18. The lowest BCUT2D eigenvalue weighted by Gasteiger charge is -2.08. The summed E-state index contributed by atoms with van der Waals surface area (Å²) in [6, 6.07) is 10.9. The van der Waals surface area contributed by atoms with Gasteiger partial charge in [0.05, 0.1) is 5.69 Å². The molecule has 0 atom stereocenters. The zero-order valence-corrected chi connectivity index (χ0v) is 14.0. The Labute approximate surface area is 151 Å². The van der Waals surface area contributed by atoms with Gasteiger partial charge in [-0.1, -0.05) is 23.2 Å². The van der Waals surface area contributed by atoms with Crippen LogP contribution in [0.2, 0.25) is 10.0 Å². The first-order valence-corrected chi connectivity index (χ1v) is 7.69. The number of rotatable bonds is 3. The van der Waals surface area contributed by atoms with Crippen LogP contribution in [0.4, 0.5) is 0 Å². The van der Waals surface area contributed by atoms with Crippen molar-refractivity contribution in [2.45, 2.75) is 0 Å². The summed E-state index contributed by atoms with van der Waals surface area (Å²) in [5, 5.41) is 11.5. The second-order valence-electron chi connectivity index (χ2n) is 4.87. The molecule has 2 amide bonds. The Balaban J connectivity index is 1.63. The number of halogens is 2. The van der Waals surface area contributed by atoms with Crippen LogP contribution < -0.4 is 10.9 Å². The number of carbonyl (C=O) groups is 2. The number of aromatic nitrogens is 4. The molecule has 10 heteroatoms. The number of carbonyl (C=O) groups excluding carboxylic acids is 2. The van der Waals surface area contributed by atoms with Crippen molar-refractivity contribution in [2.75, 3.05) is 0 Å². The summed E-state index contributed by atoms with van der Waals surface area (Å²) in [6.45, 7) is 0. The Morgan fingerprint density at radius 3 is 2.04 bits per heavy atom. The van der Waals surface area contributed by atoms with Gasteiger partial charge in [-0.25, -0.2) is 4.68 Å². The third kappa shape index (κ3) is 4.11. The summed E-state index contributed by atoms with van der Waals surface area (Å²) in [7, 11) is 0. The summed E-state index contributed by atoms with van der Waals surface area (Å²) in [6.07, 6.45) is 1.44. The molecule has 8 nitrogen and oxygen atoms in total. The average molecular weight is 377 g/mol. The largest absolute Gasteiger partial charge is 0.269 e. The van der Waals surface area contributed by atoms with Crippen molar-refractivity contribution in [3.8, 4) is 5.69 Å². The number of hydrazine groups is 1. The van der Waals surface area contributed by atoms with Gasteiger partial charge in [0.1, 0.15) is 6.33 Å². The van der Waals surface area contributed by atoms with E-state index in [1.165, 1.54) is 29.2 Å². The van der Waals surface area contributed by atoms with E-state index >= 15 is 0 Å². The second kappa shape index (κ2) is 7.29. The van der Waals surface area contributed by atoms with E-state index in [-0.39, 0.29) is 5.56 Å². The third-order valence-electron chi connectivity index (χ3n) is 3.16. The quantitative estimate of drug-likeness (QED) is 0.681. The first-order chi connectivity index (χ1) is 12.0. The first-order valence-electron chi connectivity index (χ1n) is 6.93. The molecule has 0 aliphatic carbocycles. The van der Waals surface area contributed by atoms with Crippen LogP contribution in [-0.4, -0.2) is 32.0 Å². The lowest BCUT2D eigenvalue weighted by molar-refractivity contribution is 0.0846. The minimum absolute atomic E-state index is 0.229. The number of nitrogens with zero attached hydrogens (tertiary/aromatic N) is 4. The predicted octanol–water partition coefficient (Wildman–Crippen LogP) is 2.04. The van der Waals surface area contributed by atoms with E-state index in [0.29, 0.717) is 21.3 Å². The second-order valence-corrected chi connectivity index (χ2v) is 5.74. The number of hydrogen-bond acceptors (Lipinski definition) is 5. The maximum absolute atomic E-state index is 12.1. The topological polar surface area (TPSA) is 102 Å². The Morgan fingerprint density at radius 2 is 1.48 bits per heavy atom. The smallest absolute Gasteiger partial charge is 0.267 e. The molecule has 2 N–H and O–H groups in total. The Morgan fingerprint density at radius 1 is 0.880 bits per heavy atom. The minimum Gasteiger partial charge on any atom is -0.267 e. The fraction of sp³-hybridized carbons (Fsp3) is 0. The molecule has 2 aromatic carbocycles. The van der Waals surface area contributed by atoms with Crippen molar-refractivity contribution in [1.82, 2.24) is 31.1 Å². The van der Waals surface area contributed by atoms with Crippen LogP contribution >= 0.6 is 23.2 Å². The van der Waals surface area contributed by atoms with Crippen molar-refractivity contribution in [1.29, 1.82) is 0 Å². The molecule has 126 valence electrons. The molecule has 0 fully saturated rings. The lowest BCUT2D eigenvalue weighted by Crippen LogP contribution is -2.41. The van der Waals surface area contributed by atoms with Gasteiger partial charge in [-0.15, -0.1) is 5.10 Å². The van der Waals surface area contributed by atoms with Gasteiger partial charge in [-0.05, 0) is 52.9 Å². The number of nitrogens with one attached hydrogen (secondary N) is 2. The Kier molecular flexibility index (Phi) is 4.92. The fourth-order valence-electron chi connectivity index (χ4n) is 1.99. The highest BCUT2D eigenvalue weighted by atomic mass is 35.5. The van der Waals surface area contributed by atoms with E-state index in [0.717, 1.165) is 0 Å². The van der Waals surface area contributed by atoms with Crippen molar-refractivity contribution in [3.63, 3.8) is 0 Å². The van der Waals surface area contributed by atoms with Gasteiger partial charge in [0.25, 0.3) is 11.8 Å². The van der Waals surface area contributed by atoms with Gasteiger partial charge < -0.3 is 0 Å². The highest BCUT2D eigenvalue weighted by Gasteiger charge is 2.11. The van der Waals surface area contributed by atoms with Gasteiger partial charge in [0, 0.05) is 21.2 Å². The lowest BCUT2D eigenvalue weighted by atomic mass is 10.2. The molecule has 3 rings (SSSR count). The van der Waals surface area contributed by atoms with Crippen molar-refractivity contribution in [3.05, 3.63) is 70.0 Å². The SMILES string of the molecule is O=C(NNC(=O)c1cc(Cl)cc(Cl)c1)c1ccc(-n2cnnn2)cc1. The predicted molar refractivity (Wildman–Crippen MR) is 90.5 cm³/mol. The van der Waals surface area contributed by atoms with Gasteiger partial charge in [-0.3, -0.25) is 20.4 Å². The zero-order chi connectivity index (χ0) is 17.8. The number of hydrogen-bond donors (Lipinski definition) is 2. The Bertz CT molecular complexity index is 892. The molecule has 1 heterocycles. The molecule has 0 spiro atoms. The maximum Gasteiger partial charge on any atom is 0.269 e. The Hall–Kier alpha value is -2.97. The van der Waals surface area contributed by atoms with Crippen LogP contribution in [-0.2, 0) is 0 Å². The van der Waals surface area contributed by atoms with Crippen molar-refractivity contribution >= 4 is 35.0 Å². The van der Waals surface area contributed by atoms with Crippen LogP contribution in [0.3, 0.4) is 0 Å². The third-order valence-corrected chi connectivity index (χ3v) is 3.59. The normalized spacial score (nSPS) is 10.3. The van der Waals surface area contributed by atoms with Crippen molar-refractivity contribution < 1.29 is 9.59 Å². The number of amides is 2. The van der Waals surface area contributed by atoms with E-state index in [9.17, 15) is 9.59 Å². The summed E-state index contributed by atoms with van der Waals surface area (Å²) in [5.41, 5.74) is 5.89. The molecule has 0 bridgehead atoms. The van der Waals surface area contributed by atoms with E-state index in [4.69, 9.17) is 23.2 Å². The maximum atomic E-state index is 12.1. The number of tetrazole rings is 1.